The van der Waals surface area contributed by atoms with Crippen LogP contribution in [-0.4, -0.2) is 17.6 Å². The van der Waals surface area contributed by atoms with Crippen LogP contribution in [0.25, 0.3) is 0 Å². The van der Waals surface area contributed by atoms with Crippen molar-refractivity contribution in [1.82, 2.24) is 5.32 Å². The minimum Gasteiger partial charge on any atom is -0.387 e. The van der Waals surface area contributed by atoms with Crippen molar-refractivity contribution in [3.05, 3.63) is 22.4 Å². The Bertz CT molecular complexity index is 220. The van der Waals surface area contributed by atoms with Gasteiger partial charge in [0.1, 0.15) is 6.61 Å². The van der Waals surface area contributed by atoms with Crippen LogP contribution in [0.2, 0.25) is 0 Å². The van der Waals surface area contributed by atoms with E-state index in [0.717, 1.165) is 5.56 Å². The highest BCUT2D eigenvalue weighted by Crippen LogP contribution is 2.04. The minimum atomic E-state index is -0.440. The highest BCUT2D eigenvalue weighted by Gasteiger charge is 1.97. The van der Waals surface area contributed by atoms with Gasteiger partial charge in [0, 0.05) is 6.54 Å². The van der Waals surface area contributed by atoms with Gasteiger partial charge in [0.15, 0.2) is 0 Å². The van der Waals surface area contributed by atoms with E-state index in [0.29, 0.717) is 6.54 Å². The normalized spacial score (nSPS) is 9.55. The summed E-state index contributed by atoms with van der Waals surface area (Å²) in [5.74, 6) is -0.337. The third kappa shape index (κ3) is 2.69. The lowest BCUT2D eigenvalue weighted by Gasteiger charge is -1.98. The summed E-state index contributed by atoms with van der Waals surface area (Å²) >= 11 is 1.59. The molecule has 1 aromatic rings. The van der Waals surface area contributed by atoms with Crippen LogP contribution in [0.5, 0.6) is 0 Å². The second-order valence-corrected chi connectivity index (χ2v) is 2.85. The summed E-state index contributed by atoms with van der Waals surface area (Å²) in [6, 6.07) is 1.93. The molecule has 0 aliphatic carbocycles. The summed E-state index contributed by atoms with van der Waals surface area (Å²) in [7, 11) is 0. The maximum atomic E-state index is 10.5. The van der Waals surface area contributed by atoms with Crippen LogP contribution in [0.4, 0.5) is 0 Å². The van der Waals surface area contributed by atoms with Gasteiger partial charge in [0.05, 0.1) is 0 Å². The molecule has 0 unspecified atom stereocenters. The number of carbonyl (C=O) groups excluding carboxylic acids is 1. The molecule has 0 bridgehead atoms. The lowest BCUT2D eigenvalue weighted by molar-refractivity contribution is -0.123. The maximum absolute atomic E-state index is 10.5. The summed E-state index contributed by atoms with van der Waals surface area (Å²) in [6.45, 7) is 0.0625. The molecular formula is C7H9NO2S. The molecule has 0 aromatic carbocycles. The Kier molecular flexibility index (Phi) is 3.07. The van der Waals surface area contributed by atoms with E-state index in [-0.39, 0.29) is 5.91 Å². The van der Waals surface area contributed by atoms with Gasteiger partial charge >= 0.3 is 0 Å². The predicted molar refractivity (Wildman–Crippen MR) is 43.3 cm³/mol. The number of nitrogens with one attached hydrogen (secondary N) is 1. The second kappa shape index (κ2) is 4.10. The quantitative estimate of drug-likeness (QED) is 0.689. The number of hydrogen-bond acceptors (Lipinski definition) is 3. The summed E-state index contributed by atoms with van der Waals surface area (Å²) in [5, 5.41) is 14.8. The van der Waals surface area contributed by atoms with Gasteiger partial charge in [-0.05, 0) is 22.4 Å². The lowest BCUT2D eigenvalue weighted by atomic mass is 10.3. The molecule has 0 saturated heterocycles. The van der Waals surface area contributed by atoms with Crippen LogP contribution in [-0.2, 0) is 11.3 Å². The van der Waals surface area contributed by atoms with E-state index < -0.39 is 6.61 Å². The summed E-state index contributed by atoms with van der Waals surface area (Å²) in [4.78, 5) is 10.5. The molecule has 60 valence electrons. The average Bonchev–Trinajstić information content (AvgIpc) is 2.52. The molecule has 0 fully saturated rings. The molecule has 0 atom stereocenters. The fraction of sp³-hybridized carbons (Fsp3) is 0.286. The third-order valence-corrected chi connectivity index (χ3v) is 1.95. The Morgan fingerprint density at radius 3 is 3.09 bits per heavy atom. The molecule has 1 rings (SSSR count). The summed E-state index contributed by atoms with van der Waals surface area (Å²) in [6.07, 6.45) is 0. The SMILES string of the molecule is O=C(CO)NCc1ccsc1. The van der Waals surface area contributed by atoms with E-state index in [4.69, 9.17) is 5.11 Å². The number of carbonyl (C=O) groups is 1. The van der Waals surface area contributed by atoms with Gasteiger partial charge < -0.3 is 10.4 Å². The van der Waals surface area contributed by atoms with Gasteiger partial charge in [-0.1, -0.05) is 0 Å². The zero-order valence-corrected chi connectivity index (χ0v) is 6.73. The van der Waals surface area contributed by atoms with Crippen molar-refractivity contribution in [2.75, 3.05) is 6.61 Å². The van der Waals surface area contributed by atoms with Gasteiger partial charge in [0.2, 0.25) is 5.91 Å². The monoisotopic (exact) mass is 171 g/mol. The molecule has 0 radical (unpaired) electrons. The third-order valence-electron chi connectivity index (χ3n) is 1.21. The van der Waals surface area contributed by atoms with Gasteiger partial charge in [-0.3, -0.25) is 4.79 Å². The van der Waals surface area contributed by atoms with Crippen LogP contribution < -0.4 is 5.32 Å². The first kappa shape index (κ1) is 8.23. The molecule has 1 amide bonds. The number of rotatable bonds is 3. The number of aliphatic hydroxyl groups is 1. The van der Waals surface area contributed by atoms with Crippen LogP contribution >= 0.6 is 11.3 Å². The standard InChI is InChI=1S/C7H9NO2S/c9-4-7(10)8-3-6-1-2-11-5-6/h1-2,5,9H,3-4H2,(H,8,10). The number of hydrogen-bond donors (Lipinski definition) is 2. The zero-order chi connectivity index (χ0) is 8.10. The van der Waals surface area contributed by atoms with E-state index in [1.165, 1.54) is 0 Å². The smallest absolute Gasteiger partial charge is 0.245 e. The van der Waals surface area contributed by atoms with Crippen molar-refractivity contribution < 1.29 is 9.90 Å². The van der Waals surface area contributed by atoms with E-state index in [1.54, 1.807) is 11.3 Å². The molecule has 4 heteroatoms. The van der Waals surface area contributed by atoms with Gasteiger partial charge in [0.25, 0.3) is 0 Å². The molecule has 2 N–H and O–H groups in total. The fourth-order valence-corrected chi connectivity index (χ4v) is 1.32. The van der Waals surface area contributed by atoms with Crippen LogP contribution in [0.3, 0.4) is 0 Å². The molecule has 1 aromatic heterocycles. The topological polar surface area (TPSA) is 49.3 Å². The van der Waals surface area contributed by atoms with Crippen LogP contribution in [0.15, 0.2) is 16.8 Å². The predicted octanol–water partition coefficient (Wildman–Crippen LogP) is 0.357. The molecule has 1 heterocycles. The molecule has 0 saturated carbocycles. The summed E-state index contributed by atoms with van der Waals surface area (Å²) in [5.41, 5.74) is 1.07. The first-order chi connectivity index (χ1) is 5.33. The van der Waals surface area contributed by atoms with Crippen molar-refractivity contribution >= 4 is 17.2 Å². The minimum absolute atomic E-state index is 0.337. The Hall–Kier alpha value is -0.870. The van der Waals surface area contributed by atoms with Crippen molar-refractivity contribution in [3.8, 4) is 0 Å². The molecular weight excluding hydrogens is 162 g/mol. The Morgan fingerprint density at radius 2 is 2.55 bits per heavy atom. The molecule has 0 aliphatic rings. The van der Waals surface area contributed by atoms with Gasteiger partial charge in [-0.25, -0.2) is 0 Å². The average molecular weight is 171 g/mol. The first-order valence-electron chi connectivity index (χ1n) is 3.21. The Morgan fingerprint density at radius 1 is 1.73 bits per heavy atom. The fourth-order valence-electron chi connectivity index (χ4n) is 0.650. The highest BCUT2D eigenvalue weighted by atomic mass is 32.1. The highest BCUT2D eigenvalue weighted by molar-refractivity contribution is 7.07. The lowest BCUT2D eigenvalue weighted by Crippen LogP contribution is -2.25. The van der Waals surface area contributed by atoms with E-state index in [1.807, 2.05) is 16.8 Å². The molecule has 11 heavy (non-hydrogen) atoms. The second-order valence-electron chi connectivity index (χ2n) is 2.07. The Labute approximate surface area is 68.7 Å². The molecule has 0 aliphatic heterocycles. The molecule has 3 nitrogen and oxygen atoms in total. The van der Waals surface area contributed by atoms with Crippen molar-refractivity contribution in [2.45, 2.75) is 6.54 Å². The largest absolute Gasteiger partial charge is 0.387 e. The number of amides is 1. The van der Waals surface area contributed by atoms with Gasteiger partial charge in [-0.2, -0.15) is 11.3 Å². The number of aliphatic hydroxyl groups excluding tert-OH is 1. The van der Waals surface area contributed by atoms with Crippen molar-refractivity contribution in [1.29, 1.82) is 0 Å². The van der Waals surface area contributed by atoms with E-state index >= 15 is 0 Å². The first-order valence-corrected chi connectivity index (χ1v) is 4.16. The molecule has 0 spiro atoms. The zero-order valence-electron chi connectivity index (χ0n) is 5.91. The maximum Gasteiger partial charge on any atom is 0.245 e. The van der Waals surface area contributed by atoms with Crippen LogP contribution in [0, 0.1) is 0 Å². The number of thiophene rings is 1. The van der Waals surface area contributed by atoms with E-state index in [2.05, 4.69) is 5.32 Å². The van der Waals surface area contributed by atoms with E-state index in [9.17, 15) is 4.79 Å². The van der Waals surface area contributed by atoms with Crippen molar-refractivity contribution in [2.24, 2.45) is 0 Å². The van der Waals surface area contributed by atoms with Crippen LogP contribution in [0.1, 0.15) is 5.56 Å². The summed E-state index contributed by atoms with van der Waals surface area (Å²) < 4.78 is 0. The van der Waals surface area contributed by atoms with Gasteiger partial charge in [-0.15, -0.1) is 0 Å². The van der Waals surface area contributed by atoms with Crippen molar-refractivity contribution in [3.63, 3.8) is 0 Å². The Balaban J connectivity index is 2.29.